The summed E-state index contributed by atoms with van der Waals surface area (Å²) in [5.74, 6) is -0.735. The predicted molar refractivity (Wildman–Crippen MR) is 121 cm³/mol. The van der Waals surface area contributed by atoms with Crippen molar-refractivity contribution in [3.63, 3.8) is 0 Å². The number of rotatable bonds is 4. The van der Waals surface area contributed by atoms with Gasteiger partial charge >= 0.3 is 0 Å². The Morgan fingerprint density at radius 1 is 1.07 bits per heavy atom. The molecule has 1 aliphatic rings. The van der Waals surface area contributed by atoms with Gasteiger partial charge in [0.1, 0.15) is 0 Å². The van der Waals surface area contributed by atoms with E-state index in [4.69, 9.17) is 23.2 Å². The molecule has 1 fully saturated rings. The van der Waals surface area contributed by atoms with Gasteiger partial charge in [0.25, 0.3) is 17.1 Å². The molecule has 4 rings (SSSR count). The summed E-state index contributed by atoms with van der Waals surface area (Å²) in [5, 5.41) is 7.72. The Bertz CT molecular complexity index is 1210. The molecule has 1 aromatic heterocycles. The summed E-state index contributed by atoms with van der Waals surface area (Å²) in [6.45, 7) is 0. The van der Waals surface area contributed by atoms with Gasteiger partial charge in [-0.1, -0.05) is 41.4 Å². The zero-order valence-electron chi connectivity index (χ0n) is 14.9. The number of imide groups is 1. The van der Waals surface area contributed by atoms with E-state index < -0.39 is 11.1 Å². The van der Waals surface area contributed by atoms with Gasteiger partial charge in [-0.3, -0.25) is 25.0 Å². The van der Waals surface area contributed by atoms with Crippen LogP contribution < -0.4 is 10.6 Å². The lowest BCUT2D eigenvalue weighted by Crippen LogP contribution is -2.17. The van der Waals surface area contributed by atoms with E-state index in [1.165, 1.54) is 11.3 Å². The molecule has 0 radical (unpaired) electrons. The molecule has 2 aromatic carbocycles. The highest BCUT2D eigenvalue weighted by Crippen LogP contribution is 2.30. The van der Waals surface area contributed by atoms with Gasteiger partial charge in [0.2, 0.25) is 0 Å². The molecule has 0 aliphatic carbocycles. The number of anilines is 1. The molecule has 0 bridgehead atoms. The molecule has 0 atom stereocenters. The monoisotopic (exact) mass is 475 g/mol. The second-order valence-corrected chi connectivity index (χ2v) is 8.78. The highest BCUT2D eigenvalue weighted by Gasteiger charge is 2.24. The lowest BCUT2D eigenvalue weighted by molar-refractivity contribution is -0.115. The number of thioether (sulfide) groups is 1. The molecule has 0 spiro atoms. The zero-order valence-corrected chi connectivity index (χ0v) is 18.1. The van der Waals surface area contributed by atoms with Crippen molar-refractivity contribution in [1.29, 1.82) is 0 Å². The van der Waals surface area contributed by atoms with Gasteiger partial charge in [-0.05, 0) is 47.7 Å². The summed E-state index contributed by atoms with van der Waals surface area (Å²) in [6.07, 6.45) is 1.59. The number of aromatic nitrogens is 1. The second kappa shape index (κ2) is 8.61. The van der Waals surface area contributed by atoms with Crippen LogP contribution >= 0.6 is 46.3 Å². The van der Waals surface area contributed by atoms with E-state index in [1.807, 2.05) is 5.38 Å². The van der Waals surface area contributed by atoms with Gasteiger partial charge in [-0.15, -0.1) is 11.3 Å². The average Bonchev–Trinajstić information content (AvgIpc) is 3.30. The number of nitrogens with one attached hydrogen (secondary N) is 2. The van der Waals surface area contributed by atoms with Crippen LogP contribution in [0.15, 0.2) is 52.7 Å². The number of hydrogen-bond acceptors (Lipinski definition) is 6. The quantitative estimate of drug-likeness (QED) is 0.472. The Balaban J connectivity index is 1.45. The molecule has 0 unspecified atom stereocenters. The molecule has 150 valence electrons. The molecule has 3 aromatic rings. The van der Waals surface area contributed by atoms with Crippen LogP contribution in [0.4, 0.5) is 9.93 Å². The molecule has 30 heavy (non-hydrogen) atoms. The van der Waals surface area contributed by atoms with Gasteiger partial charge in [-0.2, -0.15) is 0 Å². The number of halogens is 2. The van der Waals surface area contributed by atoms with Crippen molar-refractivity contribution in [2.45, 2.75) is 0 Å². The first-order chi connectivity index (χ1) is 14.4. The SMILES string of the molecule is O=C1NC(=O)/C(=C/c2ccc(C(=O)Nc3nc(-c4ccc(Cl)c(Cl)c4)cs3)cc2)S1. The van der Waals surface area contributed by atoms with Crippen molar-refractivity contribution in [2.24, 2.45) is 0 Å². The summed E-state index contributed by atoms with van der Waals surface area (Å²) < 4.78 is 0. The van der Waals surface area contributed by atoms with Crippen LogP contribution in [0.1, 0.15) is 15.9 Å². The lowest BCUT2D eigenvalue weighted by atomic mass is 10.1. The smallest absolute Gasteiger partial charge is 0.290 e. The minimum Gasteiger partial charge on any atom is -0.298 e. The van der Waals surface area contributed by atoms with Crippen molar-refractivity contribution in [1.82, 2.24) is 10.3 Å². The highest BCUT2D eigenvalue weighted by molar-refractivity contribution is 8.18. The van der Waals surface area contributed by atoms with E-state index in [1.54, 1.807) is 48.5 Å². The van der Waals surface area contributed by atoms with Crippen LogP contribution in [-0.2, 0) is 4.79 Å². The summed E-state index contributed by atoms with van der Waals surface area (Å²) in [4.78, 5) is 40.0. The minimum absolute atomic E-state index is 0.313. The van der Waals surface area contributed by atoms with Crippen molar-refractivity contribution in [3.8, 4) is 11.3 Å². The molecule has 1 saturated heterocycles. The third kappa shape index (κ3) is 4.57. The maximum atomic E-state index is 12.5. The number of benzene rings is 2. The maximum Gasteiger partial charge on any atom is 0.290 e. The van der Waals surface area contributed by atoms with Crippen LogP contribution in [-0.4, -0.2) is 22.0 Å². The average molecular weight is 476 g/mol. The van der Waals surface area contributed by atoms with Gasteiger partial charge < -0.3 is 0 Å². The third-order valence-electron chi connectivity index (χ3n) is 4.05. The molecule has 3 amide bonds. The molecule has 6 nitrogen and oxygen atoms in total. The predicted octanol–water partition coefficient (Wildman–Crippen LogP) is 5.69. The van der Waals surface area contributed by atoms with E-state index in [2.05, 4.69) is 15.6 Å². The number of thiazole rings is 1. The molecule has 1 aliphatic heterocycles. The van der Waals surface area contributed by atoms with Crippen LogP contribution in [0, 0.1) is 0 Å². The Kier molecular flexibility index (Phi) is 5.92. The maximum absolute atomic E-state index is 12.5. The Labute approximate surface area is 189 Å². The van der Waals surface area contributed by atoms with Gasteiger partial charge in [-0.25, -0.2) is 4.98 Å². The van der Waals surface area contributed by atoms with E-state index in [-0.39, 0.29) is 5.91 Å². The normalized spacial score (nSPS) is 14.8. The number of carbonyl (C=O) groups excluding carboxylic acids is 3. The first kappa shape index (κ1) is 20.6. The first-order valence-electron chi connectivity index (χ1n) is 8.46. The van der Waals surface area contributed by atoms with Gasteiger partial charge in [0.05, 0.1) is 20.6 Å². The van der Waals surface area contributed by atoms with Crippen LogP contribution in [0.3, 0.4) is 0 Å². The molecule has 10 heteroatoms. The van der Waals surface area contributed by atoms with E-state index in [9.17, 15) is 14.4 Å². The molecule has 2 heterocycles. The number of hydrogen-bond donors (Lipinski definition) is 2. The van der Waals surface area contributed by atoms with Crippen molar-refractivity contribution < 1.29 is 14.4 Å². The highest BCUT2D eigenvalue weighted by atomic mass is 35.5. The molecule has 0 saturated carbocycles. The van der Waals surface area contributed by atoms with Gasteiger partial charge in [0.15, 0.2) is 5.13 Å². The Morgan fingerprint density at radius 2 is 1.83 bits per heavy atom. The fourth-order valence-corrected chi connectivity index (χ4v) is 4.29. The number of nitrogens with zero attached hydrogens (tertiary/aromatic N) is 1. The molecule has 2 N–H and O–H groups in total. The number of amides is 3. The zero-order chi connectivity index (χ0) is 21.3. The summed E-state index contributed by atoms with van der Waals surface area (Å²) in [7, 11) is 0. The molecular weight excluding hydrogens is 465 g/mol. The Morgan fingerprint density at radius 3 is 2.50 bits per heavy atom. The summed E-state index contributed by atoms with van der Waals surface area (Å²) in [5.41, 5.74) is 2.61. The standard InChI is InChI=1S/C20H11Cl2N3O3S2/c21-13-6-5-12(8-14(13)22)15-9-29-19(23-15)24-17(26)11-3-1-10(2-4-11)7-16-18(27)25-20(28)30-16/h1-9H,(H,23,24,26)(H,25,27,28)/b16-7-. The van der Waals surface area contributed by atoms with E-state index >= 15 is 0 Å². The second-order valence-electron chi connectivity index (χ2n) is 6.10. The molecular formula is C20H11Cl2N3O3S2. The summed E-state index contributed by atoms with van der Waals surface area (Å²) in [6, 6.07) is 11.9. The largest absolute Gasteiger partial charge is 0.298 e. The topological polar surface area (TPSA) is 88.2 Å². The summed E-state index contributed by atoms with van der Waals surface area (Å²) >= 11 is 14.1. The first-order valence-corrected chi connectivity index (χ1v) is 10.9. The fourth-order valence-electron chi connectivity index (χ4n) is 2.59. The van der Waals surface area contributed by atoms with Crippen molar-refractivity contribution in [3.05, 3.63) is 73.9 Å². The van der Waals surface area contributed by atoms with E-state index in [0.29, 0.717) is 36.9 Å². The van der Waals surface area contributed by atoms with Crippen molar-refractivity contribution >= 4 is 74.6 Å². The Hall–Kier alpha value is -2.65. The van der Waals surface area contributed by atoms with Crippen LogP contribution in [0.25, 0.3) is 17.3 Å². The lowest BCUT2D eigenvalue weighted by Gasteiger charge is -2.03. The third-order valence-corrected chi connectivity index (χ3v) is 6.36. The van der Waals surface area contributed by atoms with Crippen molar-refractivity contribution in [2.75, 3.05) is 5.32 Å². The van der Waals surface area contributed by atoms with Crippen LogP contribution in [0.5, 0.6) is 0 Å². The number of carbonyl (C=O) groups is 3. The fraction of sp³-hybridized carbons (Fsp3) is 0. The van der Waals surface area contributed by atoms with Crippen LogP contribution in [0.2, 0.25) is 10.0 Å². The van der Waals surface area contributed by atoms with E-state index in [0.717, 1.165) is 17.3 Å². The van der Waals surface area contributed by atoms with Gasteiger partial charge in [0, 0.05) is 16.5 Å². The minimum atomic E-state index is -0.423.